The maximum Gasteiger partial charge on any atom is 0.455 e. The number of nitrogens with two attached hydrogens (primary N) is 1. The summed E-state index contributed by atoms with van der Waals surface area (Å²) >= 11 is 0. The molecule has 3 aromatic heterocycles. The fourth-order valence-electron chi connectivity index (χ4n) is 2.99. The van der Waals surface area contributed by atoms with E-state index in [9.17, 15) is 49.5 Å². The molecule has 0 atom stereocenters. The number of nitrogen functional groups attached to an aromatic ring is 1. The number of alkyl halides is 6. The fraction of sp³-hybridized carbons (Fsp3) is 0.286. The zero-order chi connectivity index (χ0) is 36.7. The van der Waals surface area contributed by atoms with Gasteiger partial charge in [0.15, 0.2) is 11.5 Å². The number of carbonyl (C=O) groups excluding carboxylic acids is 3. The zero-order valence-electron chi connectivity index (χ0n) is 25.5. The lowest BCUT2D eigenvalue weighted by molar-refractivity contribution is -0.168. The molecule has 0 aliphatic rings. The molecule has 3 heterocycles. The lowest BCUT2D eigenvalue weighted by atomic mass is 10.1. The number of methoxy groups -OCH3 is 1. The molecule has 0 fully saturated rings. The summed E-state index contributed by atoms with van der Waals surface area (Å²) in [5, 5.41) is 6.90. The minimum Gasteiger partial charge on any atom is -0.462 e. The van der Waals surface area contributed by atoms with E-state index >= 15 is 0 Å². The Morgan fingerprint density at radius 3 is 1.92 bits per heavy atom. The van der Waals surface area contributed by atoms with Gasteiger partial charge in [0.25, 0.3) is 5.78 Å². The summed E-state index contributed by atoms with van der Waals surface area (Å²) in [5.74, 6) is -6.51. The van der Waals surface area contributed by atoms with E-state index in [0.29, 0.717) is 11.8 Å². The number of carbonyl (C=O) groups is 3. The molecule has 0 radical (unpaired) electrons. The standard InChI is InChI=1S/C13H9F4N3O2.C9H11F3O4.C6H6FN3.ClH/c1-2-22-12(21)9-6-19-11(20-10(9)13(15,16)17)7-3-8(14)5-18-4-7;1-3-16-8(14)6(4-5-15-2)7(13)9(10,11)12;7-5-1-4(6(8)9)2-10-3-5;/h3-6H,2H2,1H3;4H,3,5H2,1-2H3;1-3H,(H3,8,9);1H. The van der Waals surface area contributed by atoms with Crippen LogP contribution in [0.2, 0.25) is 0 Å². The highest BCUT2D eigenvalue weighted by atomic mass is 35.5. The number of aromatic nitrogens is 4. The summed E-state index contributed by atoms with van der Waals surface area (Å²) in [4.78, 5) is 47.4. The smallest absolute Gasteiger partial charge is 0.455 e. The number of rotatable bonds is 9. The van der Waals surface area contributed by atoms with Gasteiger partial charge in [-0.2, -0.15) is 26.3 Å². The van der Waals surface area contributed by atoms with Gasteiger partial charge in [0.2, 0.25) is 0 Å². The first-order valence-electron chi connectivity index (χ1n) is 13.0. The van der Waals surface area contributed by atoms with Crippen LogP contribution in [0.1, 0.15) is 35.5 Å². The number of Topliss-reactive ketones (excluding diaryl/α,β-unsaturated/α-hetero) is 1. The molecular formula is C28H27ClF8N6O6. The van der Waals surface area contributed by atoms with Gasteiger partial charge in [0.05, 0.1) is 32.2 Å². The van der Waals surface area contributed by atoms with Crippen molar-refractivity contribution in [2.24, 2.45) is 5.73 Å². The molecule has 12 nitrogen and oxygen atoms in total. The summed E-state index contributed by atoms with van der Waals surface area (Å²) in [6, 6.07) is 2.10. The topological polar surface area (TPSA) is 180 Å². The van der Waals surface area contributed by atoms with Crippen LogP contribution in [0.3, 0.4) is 0 Å². The van der Waals surface area contributed by atoms with Crippen molar-refractivity contribution in [1.29, 1.82) is 5.41 Å². The van der Waals surface area contributed by atoms with E-state index in [-0.39, 0.29) is 43.6 Å². The van der Waals surface area contributed by atoms with Crippen LogP contribution >= 0.6 is 12.4 Å². The molecule has 0 spiro atoms. The molecule has 0 saturated heterocycles. The highest BCUT2D eigenvalue weighted by Gasteiger charge is 2.43. The van der Waals surface area contributed by atoms with Gasteiger partial charge in [-0.25, -0.2) is 28.3 Å². The van der Waals surface area contributed by atoms with Crippen LogP contribution in [-0.4, -0.2) is 76.6 Å². The largest absolute Gasteiger partial charge is 0.462 e. The lowest BCUT2D eigenvalue weighted by Gasteiger charge is -2.12. The second-order valence-electron chi connectivity index (χ2n) is 8.49. The number of pyridine rings is 2. The number of halogens is 9. The maximum absolute atomic E-state index is 13.1. The molecule has 21 heteroatoms. The molecule has 3 aromatic rings. The molecule has 49 heavy (non-hydrogen) atoms. The van der Waals surface area contributed by atoms with Gasteiger partial charge < -0.3 is 19.9 Å². The SMILES string of the molecule is CCOC(=O)C(=CCOC)C(=O)C(F)(F)F.CCOC(=O)c1cnc(-c2cncc(F)c2)nc1C(F)(F)F.Cl.N=C(N)c1cncc(F)c1. The Balaban J connectivity index is 0.000000750. The molecule has 0 aliphatic heterocycles. The predicted octanol–water partition coefficient (Wildman–Crippen LogP) is 5.05. The van der Waals surface area contributed by atoms with Crippen LogP contribution in [0.4, 0.5) is 35.1 Å². The van der Waals surface area contributed by atoms with Crippen LogP contribution in [0, 0.1) is 17.0 Å². The second kappa shape index (κ2) is 20.3. The summed E-state index contributed by atoms with van der Waals surface area (Å²) in [6.07, 6.45) is -4.14. The average Bonchev–Trinajstić information content (AvgIpc) is 3.01. The third kappa shape index (κ3) is 14.7. The number of amidine groups is 1. The first-order chi connectivity index (χ1) is 22.4. The Bertz CT molecular complexity index is 1620. The van der Waals surface area contributed by atoms with E-state index in [1.807, 2.05) is 0 Å². The van der Waals surface area contributed by atoms with Crippen LogP contribution < -0.4 is 5.73 Å². The Kier molecular flexibility index (Phi) is 18.2. The minimum absolute atomic E-state index is 0. The van der Waals surface area contributed by atoms with Crippen LogP contribution in [0.15, 0.2) is 54.8 Å². The number of nitrogens with one attached hydrogen (secondary N) is 1. The summed E-state index contributed by atoms with van der Waals surface area (Å²) in [6.45, 7) is 2.39. The molecule has 0 bridgehead atoms. The van der Waals surface area contributed by atoms with E-state index in [0.717, 1.165) is 36.8 Å². The van der Waals surface area contributed by atoms with Crippen molar-refractivity contribution in [3.63, 3.8) is 0 Å². The van der Waals surface area contributed by atoms with Crippen molar-refractivity contribution in [2.75, 3.05) is 26.9 Å². The van der Waals surface area contributed by atoms with E-state index in [4.69, 9.17) is 11.1 Å². The average molecular weight is 731 g/mol. The second-order valence-corrected chi connectivity index (χ2v) is 8.49. The number of esters is 2. The first-order valence-corrected chi connectivity index (χ1v) is 13.0. The lowest BCUT2D eigenvalue weighted by Crippen LogP contribution is -2.29. The molecule has 3 N–H and O–H groups in total. The summed E-state index contributed by atoms with van der Waals surface area (Å²) in [7, 11) is 1.22. The van der Waals surface area contributed by atoms with Gasteiger partial charge in [-0.3, -0.25) is 20.2 Å². The maximum atomic E-state index is 13.1. The van der Waals surface area contributed by atoms with E-state index in [1.54, 1.807) is 0 Å². The van der Waals surface area contributed by atoms with E-state index in [1.165, 1.54) is 27.2 Å². The van der Waals surface area contributed by atoms with Crippen molar-refractivity contribution >= 4 is 36.0 Å². The third-order valence-corrected chi connectivity index (χ3v) is 4.98. The number of hydrogen-bond acceptors (Lipinski definition) is 11. The molecule has 0 aliphatic carbocycles. The Labute approximate surface area is 278 Å². The highest BCUT2D eigenvalue weighted by Crippen LogP contribution is 2.32. The van der Waals surface area contributed by atoms with Crippen molar-refractivity contribution in [1.82, 2.24) is 19.9 Å². The first kappa shape index (κ1) is 43.9. The zero-order valence-corrected chi connectivity index (χ0v) is 26.3. The quantitative estimate of drug-likeness (QED) is 0.0572. The van der Waals surface area contributed by atoms with Crippen LogP contribution in [0.25, 0.3) is 11.4 Å². The predicted molar refractivity (Wildman–Crippen MR) is 156 cm³/mol. The molecule has 0 unspecified atom stereocenters. The van der Waals surface area contributed by atoms with Gasteiger partial charge in [0.1, 0.15) is 28.6 Å². The number of ether oxygens (including phenoxy) is 3. The van der Waals surface area contributed by atoms with Crippen molar-refractivity contribution < 1.29 is 63.7 Å². The van der Waals surface area contributed by atoms with Crippen molar-refractivity contribution in [3.8, 4) is 11.4 Å². The molecule has 268 valence electrons. The number of hydrogen-bond donors (Lipinski definition) is 2. The van der Waals surface area contributed by atoms with Gasteiger partial charge in [-0.15, -0.1) is 12.4 Å². The van der Waals surface area contributed by atoms with Crippen LogP contribution in [0.5, 0.6) is 0 Å². The van der Waals surface area contributed by atoms with E-state index in [2.05, 4.69) is 34.1 Å². The van der Waals surface area contributed by atoms with Crippen molar-refractivity contribution in [2.45, 2.75) is 26.2 Å². The Morgan fingerprint density at radius 2 is 1.47 bits per heavy atom. The molecule has 3 rings (SSSR count). The molecule has 0 amide bonds. The van der Waals surface area contributed by atoms with E-state index < -0.39 is 64.4 Å². The number of nitrogens with zero attached hydrogens (tertiary/aromatic N) is 4. The molecular weight excluding hydrogens is 704 g/mol. The summed E-state index contributed by atoms with van der Waals surface area (Å²) in [5.41, 5.74) is 2.02. The highest BCUT2D eigenvalue weighted by molar-refractivity contribution is 6.19. The minimum atomic E-state index is -5.10. The number of ketones is 1. The van der Waals surface area contributed by atoms with Crippen LogP contribution in [-0.2, 0) is 30.0 Å². The van der Waals surface area contributed by atoms with Crippen molar-refractivity contribution in [3.05, 3.63) is 83.2 Å². The molecule has 0 saturated carbocycles. The van der Waals surface area contributed by atoms with Gasteiger partial charge in [-0.05, 0) is 32.1 Å². The monoisotopic (exact) mass is 730 g/mol. The van der Waals surface area contributed by atoms with Gasteiger partial charge in [0, 0.05) is 36.8 Å². The Hall–Kier alpha value is -5.11. The normalized spacial score (nSPS) is 11.0. The Morgan fingerprint density at radius 1 is 0.898 bits per heavy atom. The summed E-state index contributed by atoms with van der Waals surface area (Å²) < 4.78 is 114. The molecule has 0 aromatic carbocycles. The third-order valence-electron chi connectivity index (χ3n) is 4.98. The fourth-order valence-corrected chi connectivity index (χ4v) is 2.99. The van der Waals surface area contributed by atoms with Gasteiger partial charge in [-0.1, -0.05) is 0 Å². The van der Waals surface area contributed by atoms with Gasteiger partial charge >= 0.3 is 24.3 Å².